The van der Waals surface area contributed by atoms with Gasteiger partial charge in [-0.3, -0.25) is 4.79 Å². The summed E-state index contributed by atoms with van der Waals surface area (Å²) in [4.78, 5) is 18.7. The molecule has 1 aliphatic rings. The molecule has 33 heavy (non-hydrogen) atoms. The molecule has 0 saturated carbocycles. The molecule has 0 unspecified atom stereocenters. The fourth-order valence-electron chi connectivity index (χ4n) is 4.36. The van der Waals surface area contributed by atoms with Crippen LogP contribution in [0.4, 0.5) is 0 Å². The number of nitrogens with one attached hydrogen (secondary N) is 2. The van der Waals surface area contributed by atoms with Gasteiger partial charge < -0.3 is 19.9 Å². The van der Waals surface area contributed by atoms with E-state index in [1.807, 2.05) is 54.6 Å². The van der Waals surface area contributed by atoms with E-state index in [0.29, 0.717) is 29.3 Å². The first-order valence-electron chi connectivity index (χ1n) is 11.5. The Morgan fingerprint density at radius 3 is 2.58 bits per heavy atom. The second-order valence-corrected chi connectivity index (χ2v) is 9.40. The van der Waals surface area contributed by atoms with Crippen molar-refractivity contribution in [2.45, 2.75) is 38.8 Å². The number of fused-ring (bicyclic) bond motifs is 1. The first kappa shape index (κ1) is 25.6. The number of nitrogens with zero attached hydrogens (tertiary/aromatic N) is 1. The Morgan fingerprint density at radius 2 is 1.88 bits per heavy atom. The highest BCUT2D eigenvalue weighted by atomic mass is 35.5. The van der Waals surface area contributed by atoms with Crippen molar-refractivity contribution in [2.24, 2.45) is 5.92 Å². The molecule has 2 N–H and O–H groups in total. The number of ether oxygens (including phenoxy) is 1. The van der Waals surface area contributed by atoms with Crippen LogP contribution < -0.4 is 5.32 Å². The number of amides is 1. The second kappa shape index (κ2) is 11.9. The first-order valence-corrected chi connectivity index (χ1v) is 11.8. The highest BCUT2D eigenvalue weighted by Gasteiger charge is 2.22. The third kappa shape index (κ3) is 6.73. The fourth-order valence-corrected chi connectivity index (χ4v) is 4.54. The number of hydrogen-bond acceptors (Lipinski definition) is 3. The number of H-pyrrole nitrogens is 1. The van der Waals surface area contributed by atoms with E-state index < -0.39 is 0 Å². The summed E-state index contributed by atoms with van der Waals surface area (Å²) in [5.74, 6) is 0.426. The Balaban J connectivity index is 0.00000306. The van der Waals surface area contributed by atoms with Crippen molar-refractivity contribution < 1.29 is 9.53 Å². The van der Waals surface area contributed by atoms with Crippen LogP contribution in [-0.4, -0.2) is 48.1 Å². The second-order valence-electron chi connectivity index (χ2n) is 8.96. The zero-order valence-corrected chi connectivity index (χ0v) is 20.8. The number of carbonyl (C=O) groups is 1. The number of carbonyl (C=O) groups excluding carboxylic acids is 1. The van der Waals surface area contributed by atoms with Gasteiger partial charge in [0.15, 0.2) is 0 Å². The Hall–Kier alpha value is -2.05. The third-order valence-corrected chi connectivity index (χ3v) is 6.59. The summed E-state index contributed by atoms with van der Waals surface area (Å²) < 4.78 is 6.14. The summed E-state index contributed by atoms with van der Waals surface area (Å²) in [7, 11) is 0. The Kier molecular flexibility index (Phi) is 9.21. The Bertz CT molecular complexity index is 1030. The minimum absolute atomic E-state index is 0. The highest BCUT2D eigenvalue weighted by molar-refractivity contribution is 6.31. The topological polar surface area (TPSA) is 57.4 Å². The van der Waals surface area contributed by atoms with Crippen LogP contribution in [0.2, 0.25) is 5.02 Å². The fraction of sp³-hybridized carbons (Fsp3) is 0.423. The molecule has 7 heteroatoms. The maximum absolute atomic E-state index is 13.0. The molecule has 1 saturated heterocycles. The minimum Gasteiger partial charge on any atom is -0.379 e. The van der Waals surface area contributed by atoms with Gasteiger partial charge >= 0.3 is 0 Å². The largest absolute Gasteiger partial charge is 0.379 e. The SMILES string of the molecule is CC(C)N1CCC(COC[C@H](NC(=O)c2cc3cc(Cl)ccc3[nH]2)c2ccccc2)CC1.Cl. The molecule has 3 aromatic rings. The lowest BCUT2D eigenvalue weighted by Crippen LogP contribution is -2.39. The lowest BCUT2D eigenvalue weighted by Gasteiger charge is -2.34. The lowest BCUT2D eigenvalue weighted by atomic mass is 9.97. The van der Waals surface area contributed by atoms with Crippen LogP contribution in [0, 0.1) is 5.92 Å². The molecule has 0 radical (unpaired) electrons. The van der Waals surface area contributed by atoms with Crippen LogP contribution in [0.3, 0.4) is 0 Å². The molecule has 1 fully saturated rings. The number of rotatable bonds is 8. The number of aromatic nitrogens is 1. The monoisotopic (exact) mass is 489 g/mol. The number of halogens is 2. The molecule has 0 spiro atoms. The Labute approximate surface area is 207 Å². The average molecular weight is 490 g/mol. The molecular weight excluding hydrogens is 457 g/mol. The molecule has 1 atom stereocenters. The quantitative estimate of drug-likeness (QED) is 0.417. The van der Waals surface area contributed by atoms with E-state index in [1.165, 1.54) is 0 Å². The minimum atomic E-state index is -0.213. The van der Waals surface area contributed by atoms with Gasteiger partial charge in [0.25, 0.3) is 5.91 Å². The first-order chi connectivity index (χ1) is 15.5. The predicted octanol–water partition coefficient (Wildman–Crippen LogP) is 5.85. The number of likely N-dealkylation sites (tertiary alicyclic amines) is 1. The standard InChI is InChI=1S/C26H32ClN3O2.ClH/c1-18(2)30-12-10-19(11-13-30)16-32-17-25(20-6-4-3-5-7-20)29-26(31)24-15-21-14-22(27)8-9-23(21)28-24;/h3-9,14-15,18-19,25,28H,10-13,16-17H2,1-2H3,(H,29,31);1H/t25-;/m0./s1. The van der Waals surface area contributed by atoms with Gasteiger partial charge in [0.1, 0.15) is 5.69 Å². The summed E-state index contributed by atoms with van der Waals surface area (Å²) in [6, 6.07) is 17.8. The van der Waals surface area contributed by atoms with E-state index in [9.17, 15) is 4.79 Å². The van der Waals surface area contributed by atoms with Crippen LogP contribution in [0.5, 0.6) is 0 Å². The van der Waals surface area contributed by atoms with Crippen molar-refractivity contribution >= 4 is 40.8 Å². The molecule has 178 valence electrons. The summed E-state index contributed by atoms with van der Waals surface area (Å²) in [6.45, 7) is 7.96. The van der Waals surface area contributed by atoms with E-state index in [2.05, 4.69) is 29.0 Å². The molecule has 4 rings (SSSR count). The van der Waals surface area contributed by atoms with Gasteiger partial charge in [-0.1, -0.05) is 41.9 Å². The highest BCUT2D eigenvalue weighted by Crippen LogP contribution is 2.22. The summed E-state index contributed by atoms with van der Waals surface area (Å²) in [5.41, 5.74) is 2.44. The third-order valence-electron chi connectivity index (χ3n) is 6.35. The number of aromatic amines is 1. The van der Waals surface area contributed by atoms with Crippen molar-refractivity contribution in [3.63, 3.8) is 0 Å². The molecule has 1 amide bonds. The molecule has 2 aromatic carbocycles. The van der Waals surface area contributed by atoms with Gasteiger partial charge in [-0.2, -0.15) is 0 Å². The van der Waals surface area contributed by atoms with Crippen molar-refractivity contribution in [2.75, 3.05) is 26.3 Å². The normalized spacial score (nSPS) is 16.0. The van der Waals surface area contributed by atoms with E-state index in [1.54, 1.807) is 0 Å². The van der Waals surface area contributed by atoms with Crippen LogP contribution in [-0.2, 0) is 4.74 Å². The summed E-state index contributed by atoms with van der Waals surface area (Å²) in [5, 5.41) is 4.72. The molecule has 1 aliphatic heterocycles. The van der Waals surface area contributed by atoms with Gasteiger partial charge in [0.05, 0.1) is 12.6 Å². The van der Waals surface area contributed by atoms with Crippen LogP contribution in [0.1, 0.15) is 48.8 Å². The zero-order valence-electron chi connectivity index (χ0n) is 19.2. The van der Waals surface area contributed by atoms with Crippen molar-refractivity contribution in [1.29, 1.82) is 0 Å². The van der Waals surface area contributed by atoms with Crippen LogP contribution in [0.25, 0.3) is 10.9 Å². The molecule has 0 aliphatic carbocycles. The van der Waals surface area contributed by atoms with Crippen LogP contribution in [0.15, 0.2) is 54.6 Å². The molecular formula is C26H33Cl2N3O2. The van der Waals surface area contributed by atoms with E-state index in [4.69, 9.17) is 16.3 Å². The summed E-state index contributed by atoms with van der Waals surface area (Å²) in [6.07, 6.45) is 2.33. The zero-order chi connectivity index (χ0) is 22.5. The maximum Gasteiger partial charge on any atom is 0.268 e. The van der Waals surface area contributed by atoms with Gasteiger partial charge in [-0.25, -0.2) is 0 Å². The van der Waals surface area contributed by atoms with Crippen molar-refractivity contribution in [3.8, 4) is 0 Å². The smallest absolute Gasteiger partial charge is 0.268 e. The molecule has 1 aromatic heterocycles. The predicted molar refractivity (Wildman–Crippen MR) is 137 cm³/mol. The van der Waals surface area contributed by atoms with Gasteiger partial charge in [0, 0.05) is 28.6 Å². The molecule has 5 nitrogen and oxygen atoms in total. The number of piperidine rings is 1. The summed E-state index contributed by atoms with van der Waals surface area (Å²) >= 11 is 6.08. The lowest BCUT2D eigenvalue weighted by molar-refractivity contribution is 0.0472. The van der Waals surface area contributed by atoms with Crippen LogP contribution >= 0.6 is 24.0 Å². The van der Waals surface area contributed by atoms with Gasteiger partial charge in [0.2, 0.25) is 0 Å². The average Bonchev–Trinajstić information content (AvgIpc) is 3.22. The maximum atomic E-state index is 13.0. The molecule has 0 bridgehead atoms. The van der Waals surface area contributed by atoms with Crippen molar-refractivity contribution in [1.82, 2.24) is 15.2 Å². The number of hydrogen-bond donors (Lipinski definition) is 2. The Morgan fingerprint density at radius 1 is 1.15 bits per heavy atom. The van der Waals surface area contributed by atoms with Gasteiger partial charge in [-0.15, -0.1) is 12.4 Å². The molecule has 2 heterocycles. The van der Waals surface area contributed by atoms with E-state index >= 15 is 0 Å². The van der Waals surface area contributed by atoms with E-state index in [0.717, 1.165) is 49.0 Å². The van der Waals surface area contributed by atoms with Gasteiger partial charge in [-0.05, 0) is 75.5 Å². The van der Waals surface area contributed by atoms with E-state index in [-0.39, 0.29) is 24.4 Å². The van der Waals surface area contributed by atoms with Crippen molar-refractivity contribution in [3.05, 3.63) is 70.9 Å². The number of benzene rings is 2.